The van der Waals surface area contributed by atoms with Crippen molar-refractivity contribution in [1.82, 2.24) is 4.40 Å². The Morgan fingerprint density at radius 1 is 1.34 bits per heavy atom. The van der Waals surface area contributed by atoms with Gasteiger partial charge in [0.1, 0.15) is 5.56 Å². The molecule has 1 aliphatic carbocycles. The molecular weight excluding hydrogens is 377 g/mol. The molecule has 1 aliphatic heterocycles. The van der Waals surface area contributed by atoms with E-state index in [-0.39, 0.29) is 30.0 Å². The van der Waals surface area contributed by atoms with Crippen LogP contribution in [0.15, 0.2) is 17.1 Å². The summed E-state index contributed by atoms with van der Waals surface area (Å²) in [6.07, 6.45) is 4.36. The van der Waals surface area contributed by atoms with Crippen LogP contribution in [0, 0.1) is 18.7 Å². The number of fused-ring (bicyclic) bond motifs is 1. The normalized spacial score (nSPS) is 22.3. The third-order valence-corrected chi connectivity index (χ3v) is 6.31. The van der Waals surface area contributed by atoms with E-state index in [0.29, 0.717) is 36.3 Å². The summed E-state index contributed by atoms with van der Waals surface area (Å²) in [7, 11) is 0. The van der Waals surface area contributed by atoms with Crippen LogP contribution in [0.5, 0.6) is 0 Å². The number of aryl methyl sites for hydroxylation is 1. The maximum Gasteiger partial charge on any atom is 0.341 e. The van der Waals surface area contributed by atoms with Crippen molar-refractivity contribution in [3.63, 3.8) is 0 Å². The number of rotatable bonds is 5. The molecule has 7 nitrogen and oxygen atoms in total. The zero-order chi connectivity index (χ0) is 20.9. The fourth-order valence-electron chi connectivity index (χ4n) is 4.65. The van der Waals surface area contributed by atoms with Crippen LogP contribution < -0.4 is 16.2 Å². The van der Waals surface area contributed by atoms with Gasteiger partial charge >= 0.3 is 5.97 Å². The van der Waals surface area contributed by atoms with Crippen molar-refractivity contribution in [2.24, 2.45) is 11.7 Å². The Labute approximate surface area is 167 Å². The first-order valence-corrected chi connectivity index (χ1v) is 10.1. The molecule has 8 heteroatoms. The van der Waals surface area contributed by atoms with Crippen LogP contribution in [0.3, 0.4) is 0 Å². The van der Waals surface area contributed by atoms with E-state index in [1.54, 1.807) is 6.92 Å². The molecule has 2 atom stereocenters. The van der Waals surface area contributed by atoms with Crippen LogP contribution in [0.1, 0.15) is 53.1 Å². The molecule has 156 valence electrons. The molecule has 0 aromatic carbocycles. The van der Waals surface area contributed by atoms with E-state index in [0.717, 1.165) is 35.4 Å². The highest BCUT2D eigenvalue weighted by Crippen LogP contribution is 2.44. The number of aliphatic hydroxyl groups excluding tert-OH is 1. The summed E-state index contributed by atoms with van der Waals surface area (Å²) in [5.74, 6) is -1.47. The molecule has 4 rings (SSSR count). The number of aromatic nitrogens is 1. The van der Waals surface area contributed by atoms with Crippen molar-refractivity contribution in [1.29, 1.82) is 0 Å². The highest BCUT2D eigenvalue weighted by atomic mass is 19.1. The van der Waals surface area contributed by atoms with Gasteiger partial charge < -0.3 is 20.8 Å². The topological polar surface area (TPSA) is 108 Å². The van der Waals surface area contributed by atoms with Gasteiger partial charge in [0.25, 0.3) is 5.56 Å². The third-order valence-electron chi connectivity index (χ3n) is 6.31. The number of carboxylic acids is 1. The summed E-state index contributed by atoms with van der Waals surface area (Å²) in [5, 5.41) is 18.6. The first kappa shape index (κ1) is 19.8. The van der Waals surface area contributed by atoms with E-state index in [1.165, 1.54) is 6.07 Å². The smallest absolute Gasteiger partial charge is 0.341 e. The summed E-state index contributed by atoms with van der Waals surface area (Å²) in [5.41, 5.74) is 7.68. The summed E-state index contributed by atoms with van der Waals surface area (Å²) in [4.78, 5) is 26.1. The molecule has 0 spiro atoms. The van der Waals surface area contributed by atoms with Gasteiger partial charge in [-0.15, -0.1) is 0 Å². The molecule has 0 amide bonds. The van der Waals surface area contributed by atoms with E-state index in [9.17, 15) is 19.8 Å². The van der Waals surface area contributed by atoms with Crippen molar-refractivity contribution >= 4 is 17.2 Å². The molecule has 2 aromatic heterocycles. The Kier molecular flexibility index (Phi) is 5.08. The summed E-state index contributed by atoms with van der Waals surface area (Å²) < 4.78 is 16.3. The highest BCUT2D eigenvalue weighted by Gasteiger charge is 2.32. The number of halogens is 1. The Hall–Kier alpha value is -2.45. The SMILES string of the molecule is Cc1c(N2CC[C@@H](CCO)[C@H](N)C2)c(F)cn2c(=O)c(C(=O)O)cc(C3CC3)c12. The van der Waals surface area contributed by atoms with Crippen molar-refractivity contribution in [3.8, 4) is 0 Å². The van der Waals surface area contributed by atoms with Gasteiger partial charge in [0.2, 0.25) is 0 Å². The van der Waals surface area contributed by atoms with Gasteiger partial charge in [0.15, 0.2) is 5.82 Å². The fourth-order valence-corrected chi connectivity index (χ4v) is 4.65. The third kappa shape index (κ3) is 3.40. The lowest BCUT2D eigenvalue weighted by molar-refractivity contribution is 0.0694. The molecule has 4 N–H and O–H groups in total. The van der Waals surface area contributed by atoms with E-state index in [4.69, 9.17) is 5.73 Å². The summed E-state index contributed by atoms with van der Waals surface area (Å²) >= 11 is 0. The summed E-state index contributed by atoms with van der Waals surface area (Å²) in [6.45, 7) is 2.95. The monoisotopic (exact) mass is 403 g/mol. The maximum absolute atomic E-state index is 15.2. The second-order valence-electron chi connectivity index (χ2n) is 8.24. The Balaban J connectivity index is 1.85. The predicted octanol–water partition coefficient (Wildman–Crippen LogP) is 1.86. The molecule has 2 fully saturated rings. The van der Waals surface area contributed by atoms with Crippen molar-refractivity contribution in [2.75, 3.05) is 24.6 Å². The van der Waals surface area contributed by atoms with E-state index >= 15 is 4.39 Å². The van der Waals surface area contributed by atoms with Gasteiger partial charge in [-0.05, 0) is 61.6 Å². The van der Waals surface area contributed by atoms with Crippen LogP contribution in [-0.2, 0) is 0 Å². The van der Waals surface area contributed by atoms with Crippen LogP contribution in [-0.4, -0.2) is 46.3 Å². The first-order chi connectivity index (χ1) is 13.8. The number of carboxylic acid groups (broad SMARTS) is 1. The number of nitrogens with zero attached hydrogens (tertiary/aromatic N) is 2. The average molecular weight is 403 g/mol. The number of pyridine rings is 2. The number of nitrogens with two attached hydrogens (primary N) is 1. The number of hydrogen-bond acceptors (Lipinski definition) is 5. The van der Waals surface area contributed by atoms with Gasteiger partial charge in [0, 0.05) is 25.7 Å². The largest absolute Gasteiger partial charge is 0.477 e. The minimum Gasteiger partial charge on any atom is -0.477 e. The Morgan fingerprint density at radius 3 is 2.66 bits per heavy atom. The average Bonchev–Trinajstić information content (AvgIpc) is 3.49. The van der Waals surface area contributed by atoms with Crippen molar-refractivity contribution in [2.45, 2.75) is 44.6 Å². The second-order valence-corrected chi connectivity index (χ2v) is 8.24. The molecule has 1 saturated carbocycles. The molecule has 0 bridgehead atoms. The Morgan fingerprint density at radius 2 is 2.07 bits per heavy atom. The summed E-state index contributed by atoms with van der Waals surface area (Å²) in [6, 6.07) is 1.29. The first-order valence-electron chi connectivity index (χ1n) is 10.1. The van der Waals surface area contributed by atoms with E-state index in [1.807, 2.05) is 4.90 Å². The minimum absolute atomic E-state index is 0.0846. The number of piperidine rings is 1. The minimum atomic E-state index is -1.30. The van der Waals surface area contributed by atoms with Crippen LogP contribution >= 0.6 is 0 Å². The van der Waals surface area contributed by atoms with Crippen LogP contribution in [0.4, 0.5) is 10.1 Å². The van der Waals surface area contributed by atoms with Gasteiger partial charge in [0.05, 0.1) is 17.4 Å². The number of carbonyl (C=O) groups is 1. The standard InChI is InChI=1S/C21H26FN3O4/c1-11-18-14(12-2-3-12)8-15(21(28)29)20(27)25(18)9-16(22)19(11)24-6-4-13(5-7-26)17(23)10-24/h8-9,12-13,17,26H,2-7,10,23H2,1H3,(H,28,29)/t13-,17+/m0/s1. The number of aliphatic hydroxyl groups is 1. The lowest BCUT2D eigenvalue weighted by Crippen LogP contribution is -2.49. The molecule has 2 aliphatic rings. The number of hydrogen-bond donors (Lipinski definition) is 3. The van der Waals surface area contributed by atoms with Gasteiger partial charge in [-0.2, -0.15) is 0 Å². The second kappa shape index (κ2) is 7.42. The van der Waals surface area contributed by atoms with Gasteiger partial charge in [-0.25, -0.2) is 9.18 Å². The Bertz CT molecular complexity index is 1030. The predicted molar refractivity (Wildman–Crippen MR) is 107 cm³/mol. The molecule has 2 aromatic rings. The van der Waals surface area contributed by atoms with Crippen molar-refractivity contribution in [3.05, 3.63) is 45.1 Å². The fraction of sp³-hybridized carbons (Fsp3) is 0.524. The van der Waals surface area contributed by atoms with Crippen molar-refractivity contribution < 1.29 is 19.4 Å². The maximum atomic E-state index is 15.2. The molecule has 0 unspecified atom stereocenters. The molecule has 29 heavy (non-hydrogen) atoms. The molecule has 1 saturated heterocycles. The quantitative estimate of drug-likeness (QED) is 0.703. The zero-order valence-electron chi connectivity index (χ0n) is 16.4. The lowest BCUT2D eigenvalue weighted by atomic mass is 9.89. The van der Waals surface area contributed by atoms with Gasteiger partial charge in [-0.1, -0.05) is 0 Å². The number of anilines is 1. The van der Waals surface area contributed by atoms with Crippen LogP contribution in [0.2, 0.25) is 0 Å². The molecular formula is C21H26FN3O4. The molecule has 3 heterocycles. The zero-order valence-corrected chi connectivity index (χ0v) is 16.4. The van der Waals surface area contributed by atoms with Crippen LogP contribution in [0.25, 0.3) is 5.52 Å². The highest BCUT2D eigenvalue weighted by molar-refractivity contribution is 5.89. The van der Waals surface area contributed by atoms with Gasteiger partial charge in [-0.3, -0.25) is 9.20 Å². The lowest BCUT2D eigenvalue weighted by Gasteiger charge is -2.39. The van der Waals surface area contributed by atoms with E-state index < -0.39 is 17.3 Å². The number of aromatic carboxylic acids is 1. The molecule has 0 radical (unpaired) electrons. The van der Waals surface area contributed by atoms with E-state index in [2.05, 4.69) is 0 Å².